The summed E-state index contributed by atoms with van der Waals surface area (Å²) in [6, 6.07) is 0. The molecule has 2 nitrogen and oxygen atoms in total. The minimum absolute atomic E-state index is 0.189. The first-order valence-corrected chi connectivity index (χ1v) is 9.37. The molecule has 136 valence electrons. The maximum Gasteiger partial charge on any atom is 0.314 e. The molecule has 2 rings (SSSR count). The summed E-state index contributed by atoms with van der Waals surface area (Å²) in [7, 11) is 0. The highest BCUT2D eigenvalue weighted by Gasteiger charge is 2.40. The molecule has 0 aromatic rings. The van der Waals surface area contributed by atoms with Gasteiger partial charge in [-0.3, -0.25) is 4.79 Å². The van der Waals surface area contributed by atoms with Crippen LogP contribution >= 0.6 is 0 Å². The van der Waals surface area contributed by atoms with Crippen molar-refractivity contribution in [2.24, 2.45) is 17.3 Å². The fraction of sp³-hybridized carbons (Fsp3) is 0.750. The molecular weight excluding hydrogens is 310 g/mol. The molecule has 0 aromatic heterocycles. The molecule has 1 saturated carbocycles. The second kappa shape index (κ2) is 8.77. The zero-order valence-electron chi connectivity index (χ0n) is 14.6. The number of allylic oxidation sites excluding steroid dienone is 3. The van der Waals surface area contributed by atoms with Gasteiger partial charge in [0.05, 0.1) is 5.41 Å². The van der Waals surface area contributed by atoms with Gasteiger partial charge >= 0.3 is 5.97 Å². The maximum atomic E-state index is 12.7. The van der Waals surface area contributed by atoms with Crippen molar-refractivity contribution in [1.29, 1.82) is 0 Å². The number of hydrogen-bond acceptors (Lipinski definition) is 1. The normalized spacial score (nSPS) is 30.4. The van der Waals surface area contributed by atoms with Gasteiger partial charge in [0, 0.05) is 6.42 Å². The molecule has 1 fully saturated rings. The van der Waals surface area contributed by atoms with Gasteiger partial charge < -0.3 is 5.11 Å². The Kier molecular flexibility index (Phi) is 7.00. The average Bonchev–Trinajstić information content (AvgIpc) is 2.56. The molecular formula is C20H30F2O2. The minimum Gasteiger partial charge on any atom is -0.481 e. The van der Waals surface area contributed by atoms with Crippen molar-refractivity contribution in [2.45, 2.75) is 77.6 Å². The van der Waals surface area contributed by atoms with Crippen LogP contribution in [0.4, 0.5) is 8.78 Å². The second-order valence-corrected chi connectivity index (χ2v) is 7.51. The highest BCUT2D eigenvalue weighted by molar-refractivity contribution is 5.78. The number of halogens is 2. The number of hydrogen-bond donors (Lipinski definition) is 1. The van der Waals surface area contributed by atoms with Crippen LogP contribution in [0, 0.1) is 17.3 Å². The number of aliphatic carboxylic acids is 1. The van der Waals surface area contributed by atoms with Gasteiger partial charge in [0.15, 0.2) is 0 Å². The van der Waals surface area contributed by atoms with Crippen molar-refractivity contribution in [1.82, 2.24) is 0 Å². The first-order valence-electron chi connectivity index (χ1n) is 9.37. The minimum atomic E-state index is -2.60. The van der Waals surface area contributed by atoms with Gasteiger partial charge in [-0.25, -0.2) is 8.78 Å². The highest BCUT2D eigenvalue weighted by Crippen LogP contribution is 2.41. The molecule has 1 atom stereocenters. The first-order chi connectivity index (χ1) is 11.5. The van der Waals surface area contributed by atoms with Gasteiger partial charge in [0.25, 0.3) is 0 Å². The number of unbranched alkanes of at least 4 members (excludes halogenated alkanes) is 2. The SMILES string of the molecule is CCCCCC1CCC(C2=CCC(CC(F)F)(C(=O)O)C=C2)CC1. The van der Waals surface area contributed by atoms with Crippen molar-refractivity contribution in [3.8, 4) is 0 Å². The zero-order valence-corrected chi connectivity index (χ0v) is 14.6. The number of carboxylic acids is 1. The maximum absolute atomic E-state index is 12.7. The lowest BCUT2D eigenvalue weighted by atomic mass is 9.72. The van der Waals surface area contributed by atoms with Crippen LogP contribution in [-0.4, -0.2) is 17.5 Å². The molecule has 2 aliphatic carbocycles. The van der Waals surface area contributed by atoms with E-state index >= 15 is 0 Å². The Morgan fingerprint density at radius 1 is 1.29 bits per heavy atom. The van der Waals surface area contributed by atoms with Crippen LogP contribution in [0.25, 0.3) is 0 Å². The van der Waals surface area contributed by atoms with Gasteiger partial charge in [-0.15, -0.1) is 0 Å². The largest absolute Gasteiger partial charge is 0.481 e. The molecule has 0 saturated heterocycles. The predicted octanol–water partition coefficient (Wildman–Crippen LogP) is 5.99. The Bertz CT molecular complexity index is 476. The summed E-state index contributed by atoms with van der Waals surface area (Å²) >= 11 is 0. The second-order valence-electron chi connectivity index (χ2n) is 7.51. The number of carbonyl (C=O) groups is 1. The summed E-state index contributed by atoms with van der Waals surface area (Å²) in [5.41, 5.74) is -0.261. The summed E-state index contributed by atoms with van der Waals surface area (Å²) in [5.74, 6) is 0.161. The molecule has 2 aliphatic rings. The summed E-state index contributed by atoms with van der Waals surface area (Å²) < 4.78 is 25.5. The van der Waals surface area contributed by atoms with Crippen LogP contribution in [-0.2, 0) is 4.79 Å². The molecule has 0 spiro atoms. The van der Waals surface area contributed by atoms with Crippen molar-refractivity contribution >= 4 is 5.97 Å². The van der Waals surface area contributed by atoms with Crippen molar-refractivity contribution in [3.05, 3.63) is 23.8 Å². The molecule has 0 aromatic carbocycles. The van der Waals surface area contributed by atoms with Gasteiger partial charge in [-0.2, -0.15) is 0 Å². The third-order valence-corrected chi connectivity index (χ3v) is 5.78. The third-order valence-electron chi connectivity index (χ3n) is 5.78. The lowest BCUT2D eigenvalue weighted by Crippen LogP contribution is -2.32. The summed E-state index contributed by atoms with van der Waals surface area (Å²) in [6.07, 6.45) is 12.2. The van der Waals surface area contributed by atoms with Crippen LogP contribution in [0.3, 0.4) is 0 Å². The zero-order chi connectivity index (χ0) is 17.6. The molecule has 0 amide bonds. The van der Waals surface area contributed by atoms with E-state index in [0.717, 1.165) is 24.3 Å². The van der Waals surface area contributed by atoms with Crippen LogP contribution in [0.15, 0.2) is 23.8 Å². The third kappa shape index (κ3) is 4.90. The number of rotatable bonds is 8. The van der Waals surface area contributed by atoms with E-state index in [1.807, 2.05) is 12.2 Å². The Balaban J connectivity index is 1.87. The van der Waals surface area contributed by atoms with E-state index in [0.29, 0.717) is 5.92 Å². The lowest BCUT2D eigenvalue weighted by Gasteiger charge is -2.33. The number of carboxylic acid groups (broad SMARTS) is 1. The molecule has 4 heteroatoms. The Hall–Kier alpha value is -1.19. The van der Waals surface area contributed by atoms with E-state index in [1.54, 1.807) is 0 Å². The first kappa shape index (κ1) is 19.1. The fourth-order valence-electron chi connectivity index (χ4n) is 4.13. The molecule has 1 unspecified atom stereocenters. The molecule has 0 aliphatic heterocycles. The molecule has 0 radical (unpaired) electrons. The van der Waals surface area contributed by atoms with Gasteiger partial charge in [-0.1, -0.05) is 50.8 Å². The van der Waals surface area contributed by atoms with Gasteiger partial charge in [0.2, 0.25) is 6.43 Å². The van der Waals surface area contributed by atoms with Crippen LogP contribution in [0.2, 0.25) is 0 Å². The lowest BCUT2D eigenvalue weighted by molar-refractivity contribution is -0.148. The van der Waals surface area contributed by atoms with E-state index < -0.39 is 24.2 Å². The van der Waals surface area contributed by atoms with Crippen LogP contribution in [0.5, 0.6) is 0 Å². The van der Waals surface area contributed by atoms with Crippen molar-refractivity contribution in [3.63, 3.8) is 0 Å². The van der Waals surface area contributed by atoms with E-state index in [4.69, 9.17) is 0 Å². The highest BCUT2D eigenvalue weighted by atomic mass is 19.3. The van der Waals surface area contributed by atoms with E-state index in [1.165, 1.54) is 44.6 Å². The molecule has 0 bridgehead atoms. The molecule has 1 N–H and O–H groups in total. The number of alkyl halides is 2. The van der Waals surface area contributed by atoms with Crippen LogP contribution in [0.1, 0.15) is 71.1 Å². The summed E-state index contributed by atoms with van der Waals surface area (Å²) in [6.45, 7) is 2.23. The Labute approximate surface area is 144 Å². The standard InChI is InChI=1S/C20H30F2O2/c1-2-3-4-5-15-6-8-16(9-7-15)17-10-12-20(13-11-17,19(23)24)14-18(21)22/h10-12,15-16,18H,2-9,13-14H2,1H3,(H,23,24). The van der Waals surface area contributed by atoms with Crippen molar-refractivity contribution < 1.29 is 18.7 Å². The van der Waals surface area contributed by atoms with E-state index in [2.05, 4.69) is 6.92 Å². The van der Waals surface area contributed by atoms with Gasteiger partial charge in [0.1, 0.15) is 0 Å². The predicted molar refractivity (Wildman–Crippen MR) is 92.1 cm³/mol. The Morgan fingerprint density at radius 3 is 2.50 bits per heavy atom. The van der Waals surface area contributed by atoms with Crippen LogP contribution < -0.4 is 0 Å². The molecule has 0 heterocycles. The Morgan fingerprint density at radius 2 is 2.00 bits per heavy atom. The molecule has 24 heavy (non-hydrogen) atoms. The van der Waals surface area contributed by atoms with Crippen molar-refractivity contribution in [2.75, 3.05) is 0 Å². The topological polar surface area (TPSA) is 37.3 Å². The quantitative estimate of drug-likeness (QED) is 0.551. The van der Waals surface area contributed by atoms with E-state index in [-0.39, 0.29) is 6.42 Å². The summed E-state index contributed by atoms with van der Waals surface area (Å²) in [5, 5.41) is 9.36. The van der Waals surface area contributed by atoms with Gasteiger partial charge in [-0.05, 0) is 49.5 Å². The average molecular weight is 340 g/mol. The fourth-order valence-corrected chi connectivity index (χ4v) is 4.13. The monoisotopic (exact) mass is 340 g/mol. The van der Waals surface area contributed by atoms with E-state index in [9.17, 15) is 18.7 Å². The smallest absolute Gasteiger partial charge is 0.314 e. The summed E-state index contributed by atoms with van der Waals surface area (Å²) in [4.78, 5) is 11.4.